The van der Waals surface area contributed by atoms with Gasteiger partial charge in [0.05, 0.1) is 11.6 Å². The summed E-state index contributed by atoms with van der Waals surface area (Å²) in [6.07, 6.45) is -0.405. The van der Waals surface area contributed by atoms with E-state index in [1.54, 1.807) is 24.3 Å². The van der Waals surface area contributed by atoms with Crippen LogP contribution in [0.4, 0.5) is 5.69 Å². The minimum Gasteiger partial charge on any atom is -0.455 e. The van der Waals surface area contributed by atoms with Gasteiger partial charge in [0.1, 0.15) is 12.1 Å². The summed E-state index contributed by atoms with van der Waals surface area (Å²) in [6.45, 7) is 1.90. The monoisotopic (exact) mass is 350 g/mol. The second-order valence-corrected chi connectivity index (χ2v) is 6.62. The summed E-state index contributed by atoms with van der Waals surface area (Å²) >= 11 is 0. The van der Waals surface area contributed by atoms with Gasteiger partial charge in [-0.3, -0.25) is 9.59 Å². The normalized spacial score (nSPS) is 24.0. The third-order valence-corrected chi connectivity index (χ3v) is 4.92. The van der Waals surface area contributed by atoms with E-state index in [1.807, 2.05) is 31.2 Å². The van der Waals surface area contributed by atoms with Gasteiger partial charge in [-0.2, -0.15) is 0 Å². The second kappa shape index (κ2) is 6.29. The number of rotatable bonds is 2. The van der Waals surface area contributed by atoms with Gasteiger partial charge in [0.25, 0.3) is 5.91 Å². The first-order valence-electron chi connectivity index (χ1n) is 8.51. The molecule has 0 unspecified atom stereocenters. The Morgan fingerprint density at radius 1 is 1.12 bits per heavy atom. The van der Waals surface area contributed by atoms with Gasteiger partial charge in [0.15, 0.2) is 0 Å². The zero-order valence-corrected chi connectivity index (χ0v) is 14.2. The van der Waals surface area contributed by atoms with Crippen molar-refractivity contribution in [1.82, 2.24) is 5.32 Å². The predicted molar refractivity (Wildman–Crippen MR) is 94.4 cm³/mol. The molecule has 2 aliphatic heterocycles. The third-order valence-electron chi connectivity index (χ3n) is 4.92. The number of anilines is 1. The summed E-state index contributed by atoms with van der Waals surface area (Å²) in [5.74, 6) is -1.59. The lowest BCUT2D eigenvalue weighted by Gasteiger charge is -2.39. The number of carbonyl (C=O) groups excluding carboxylic acids is 3. The average molecular weight is 350 g/mol. The van der Waals surface area contributed by atoms with Crippen molar-refractivity contribution in [3.05, 3.63) is 65.2 Å². The van der Waals surface area contributed by atoms with Gasteiger partial charge >= 0.3 is 5.97 Å². The van der Waals surface area contributed by atoms with Crippen molar-refractivity contribution in [2.24, 2.45) is 5.92 Å². The number of ether oxygens (including phenoxy) is 1. The maximum atomic E-state index is 12.5. The Kier molecular flexibility index (Phi) is 3.95. The molecule has 4 rings (SSSR count). The second-order valence-electron chi connectivity index (χ2n) is 6.62. The Morgan fingerprint density at radius 3 is 2.65 bits per heavy atom. The van der Waals surface area contributed by atoms with Crippen molar-refractivity contribution in [3.63, 3.8) is 0 Å². The highest BCUT2D eigenvalue weighted by Crippen LogP contribution is 2.43. The van der Waals surface area contributed by atoms with Gasteiger partial charge in [0, 0.05) is 11.1 Å². The Bertz CT molecular complexity index is 894. The van der Waals surface area contributed by atoms with Crippen LogP contribution in [-0.2, 0) is 14.3 Å². The zero-order valence-electron chi connectivity index (χ0n) is 14.2. The molecule has 6 heteroatoms. The maximum absolute atomic E-state index is 12.5. The molecule has 132 valence electrons. The van der Waals surface area contributed by atoms with Crippen molar-refractivity contribution in [3.8, 4) is 0 Å². The van der Waals surface area contributed by atoms with Gasteiger partial charge in [-0.1, -0.05) is 36.4 Å². The van der Waals surface area contributed by atoms with Crippen molar-refractivity contribution >= 4 is 23.5 Å². The molecule has 3 atom stereocenters. The molecule has 0 bridgehead atoms. The van der Waals surface area contributed by atoms with E-state index in [1.165, 1.54) is 0 Å². The van der Waals surface area contributed by atoms with E-state index in [0.29, 0.717) is 11.3 Å². The molecule has 6 nitrogen and oxygen atoms in total. The molecule has 0 radical (unpaired) electrons. The molecule has 0 saturated carbocycles. The van der Waals surface area contributed by atoms with Gasteiger partial charge in [-0.05, 0) is 31.0 Å². The highest BCUT2D eigenvalue weighted by molar-refractivity contribution is 6.00. The van der Waals surface area contributed by atoms with Crippen molar-refractivity contribution in [2.75, 3.05) is 5.32 Å². The smallest absolute Gasteiger partial charge is 0.329 e. The van der Waals surface area contributed by atoms with Crippen LogP contribution in [0.2, 0.25) is 0 Å². The largest absolute Gasteiger partial charge is 0.455 e. The summed E-state index contributed by atoms with van der Waals surface area (Å²) in [7, 11) is 0. The van der Waals surface area contributed by atoms with Gasteiger partial charge in [-0.25, -0.2) is 4.79 Å². The minimum absolute atomic E-state index is 0.191. The van der Waals surface area contributed by atoms with E-state index < -0.39 is 24.0 Å². The van der Waals surface area contributed by atoms with E-state index in [4.69, 9.17) is 4.74 Å². The SMILES string of the molecule is Cc1cccc2c1NC(=O)[C@H]1C[C@@H](NC(=O)c3ccccc3)C(=O)O[C@H]21. The minimum atomic E-state index is -0.846. The fourth-order valence-electron chi connectivity index (χ4n) is 3.55. The molecule has 2 amide bonds. The number of nitrogens with one attached hydrogen (secondary N) is 2. The van der Waals surface area contributed by atoms with Crippen molar-refractivity contribution in [1.29, 1.82) is 0 Å². The quantitative estimate of drug-likeness (QED) is 0.815. The summed E-state index contributed by atoms with van der Waals surface area (Å²) in [6, 6.07) is 13.4. The number of amides is 2. The molecule has 1 fully saturated rings. The highest BCUT2D eigenvalue weighted by atomic mass is 16.5. The molecule has 0 aromatic heterocycles. The lowest BCUT2D eigenvalue weighted by molar-refractivity contribution is -0.164. The Hall–Kier alpha value is -3.15. The summed E-state index contributed by atoms with van der Waals surface area (Å²) in [5.41, 5.74) is 2.88. The molecule has 0 spiro atoms. The highest BCUT2D eigenvalue weighted by Gasteiger charge is 2.46. The van der Waals surface area contributed by atoms with Crippen molar-refractivity contribution < 1.29 is 19.1 Å². The maximum Gasteiger partial charge on any atom is 0.329 e. The zero-order chi connectivity index (χ0) is 18.3. The lowest BCUT2D eigenvalue weighted by Crippen LogP contribution is -2.51. The fraction of sp³-hybridized carbons (Fsp3) is 0.250. The number of aryl methyl sites for hydroxylation is 1. The van der Waals surface area contributed by atoms with Crippen LogP contribution in [0.3, 0.4) is 0 Å². The van der Waals surface area contributed by atoms with Gasteiger partial charge < -0.3 is 15.4 Å². The molecule has 2 heterocycles. The summed E-state index contributed by atoms with van der Waals surface area (Å²) < 4.78 is 5.58. The van der Waals surface area contributed by atoms with Crippen LogP contribution >= 0.6 is 0 Å². The number of hydrogen-bond donors (Lipinski definition) is 2. The molecular weight excluding hydrogens is 332 g/mol. The van der Waals surface area contributed by atoms with E-state index in [0.717, 1.165) is 11.1 Å². The number of esters is 1. The Balaban J connectivity index is 1.57. The first kappa shape index (κ1) is 16.3. The van der Waals surface area contributed by atoms with Crippen LogP contribution in [0, 0.1) is 12.8 Å². The fourth-order valence-corrected chi connectivity index (χ4v) is 3.55. The average Bonchev–Trinajstić information content (AvgIpc) is 2.64. The summed E-state index contributed by atoms with van der Waals surface area (Å²) in [4.78, 5) is 37.3. The molecule has 26 heavy (non-hydrogen) atoms. The lowest BCUT2D eigenvalue weighted by atomic mass is 9.82. The predicted octanol–water partition coefficient (Wildman–Crippen LogP) is 2.35. The molecule has 2 aromatic carbocycles. The van der Waals surface area contributed by atoms with Gasteiger partial charge in [0.2, 0.25) is 5.91 Å². The van der Waals surface area contributed by atoms with Crippen LogP contribution in [0.15, 0.2) is 48.5 Å². The van der Waals surface area contributed by atoms with E-state index in [2.05, 4.69) is 10.6 Å². The van der Waals surface area contributed by atoms with Crippen LogP contribution < -0.4 is 10.6 Å². The third kappa shape index (κ3) is 2.73. The Morgan fingerprint density at radius 2 is 1.88 bits per heavy atom. The molecule has 2 aliphatic rings. The van der Waals surface area contributed by atoms with Crippen molar-refractivity contribution in [2.45, 2.75) is 25.5 Å². The van der Waals surface area contributed by atoms with Crippen LogP contribution in [0.5, 0.6) is 0 Å². The standard InChI is InChI=1S/C20H18N2O4/c1-11-6-5-9-13-16(11)22-19(24)14-10-15(20(25)26-17(13)14)21-18(23)12-7-3-2-4-8-12/h2-9,14-15,17H,10H2,1H3,(H,21,23)(H,22,24)/t14-,15+,17+/m0/s1. The number of para-hydroxylation sites is 1. The van der Waals surface area contributed by atoms with Gasteiger partial charge in [-0.15, -0.1) is 0 Å². The van der Waals surface area contributed by atoms with Crippen LogP contribution in [0.1, 0.15) is 34.0 Å². The number of carbonyl (C=O) groups is 3. The Labute approximate surface area is 150 Å². The molecule has 1 saturated heterocycles. The first-order valence-corrected chi connectivity index (χ1v) is 8.51. The van der Waals surface area contributed by atoms with E-state index in [-0.39, 0.29) is 18.2 Å². The molecule has 2 N–H and O–H groups in total. The molecule has 0 aliphatic carbocycles. The van der Waals surface area contributed by atoms with E-state index in [9.17, 15) is 14.4 Å². The number of fused-ring (bicyclic) bond motifs is 3. The first-order chi connectivity index (χ1) is 12.5. The number of benzene rings is 2. The van der Waals surface area contributed by atoms with E-state index >= 15 is 0 Å². The number of hydrogen-bond acceptors (Lipinski definition) is 4. The molecule has 2 aromatic rings. The summed E-state index contributed by atoms with van der Waals surface area (Å²) in [5, 5.41) is 5.59. The molecular formula is C20H18N2O4. The van der Waals surface area contributed by atoms with Crippen LogP contribution in [-0.4, -0.2) is 23.8 Å². The topological polar surface area (TPSA) is 84.5 Å². The van der Waals surface area contributed by atoms with Crippen LogP contribution in [0.25, 0.3) is 0 Å².